The van der Waals surface area contributed by atoms with E-state index < -0.39 is 11.0 Å². The number of amidine groups is 1. The molecule has 1 saturated carbocycles. The van der Waals surface area contributed by atoms with Gasteiger partial charge in [-0.25, -0.2) is 0 Å². The molecule has 1 aliphatic heterocycles. The molecule has 0 unspecified atom stereocenters. The standard InChI is InChI=1S/C15H27N3O3/c1-14(20)8-10-18(11-9-14)13(19)15(12(16)17-21)6-4-2-3-5-7-15/h20-21H,2-11H2,1H3,(H2,16,17). The molecular formula is C15H27N3O3. The summed E-state index contributed by atoms with van der Waals surface area (Å²) in [6.07, 6.45) is 6.46. The van der Waals surface area contributed by atoms with E-state index in [2.05, 4.69) is 5.16 Å². The van der Waals surface area contributed by atoms with Crippen molar-refractivity contribution < 1.29 is 15.1 Å². The molecule has 2 aliphatic rings. The Morgan fingerprint density at radius 1 is 1.10 bits per heavy atom. The van der Waals surface area contributed by atoms with Crippen LogP contribution < -0.4 is 5.73 Å². The minimum absolute atomic E-state index is 0.0322. The van der Waals surface area contributed by atoms with Gasteiger partial charge in [0.25, 0.3) is 0 Å². The molecule has 1 aliphatic carbocycles. The monoisotopic (exact) mass is 297 g/mol. The molecule has 0 radical (unpaired) electrons. The average molecular weight is 297 g/mol. The van der Waals surface area contributed by atoms with Gasteiger partial charge < -0.3 is 20.9 Å². The maximum absolute atomic E-state index is 13.0. The maximum atomic E-state index is 13.0. The Balaban J connectivity index is 2.19. The number of rotatable bonds is 2. The van der Waals surface area contributed by atoms with Crippen LogP contribution in [-0.2, 0) is 4.79 Å². The quantitative estimate of drug-likeness (QED) is 0.236. The topological polar surface area (TPSA) is 99.2 Å². The normalized spacial score (nSPS) is 26.2. The number of hydrogen-bond donors (Lipinski definition) is 3. The van der Waals surface area contributed by atoms with Gasteiger partial charge in [0.15, 0.2) is 5.84 Å². The molecule has 1 amide bonds. The summed E-state index contributed by atoms with van der Waals surface area (Å²) in [6, 6.07) is 0. The fraction of sp³-hybridized carbons (Fsp3) is 0.867. The third-order valence-electron chi connectivity index (χ3n) is 5.09. The predicted molar refractivity (Wildman–Crippen MR) is 80.0 cm³/mol. The van der Waals surface area contributed by atoms with Gasteiger partial charge in [0.2, 0.25) is 5.91 Å². The van der Waals surface area contributed by atoms with Crippen LogP contribution in [0.1, 0.15) is 58.3 Å². The van der Waals surface area contributed by atoms with Crippen LogP contribution in [0.15, 0.2) is 5.16 Å². The summed E-state index contributed by atoms with van der Waals surface area (Å²) in [5.41, 5.74) is 4.37. The van der Waals surface area contributed by atoms with Crippen LogP contribution in [0.25, 0.3) is 0 Å². The number of likely N-dealkylation sites (tertiary alicyclic amines) is 1. The molecule has 6 nitrogen and oxygen atoms in total. The first-order valence-corrected chi connectivity index (χ1v) is 7.91. The van der Waals surface area contributed by atoms with Crippen molar-refractivity contribution in [2.75, 3.05) is 13.1 Å². The van der Waals surface area contributed by atoms with Crippen molar-refractivity contribution in [3.8, 4) is 0 Å². The molecule has 21 heavy (non-hydrogen) atoms. The van der Waals surface area contributed by atoms with E-state index in [-0.39, 0.29) is 11.7 Å². The van der Waals surface area contributed by atoms with Crippen LogP contribution in [0.5, 0.6) is 0 Å². The van der Waals surface area contributed by atoms with Crippen LogP contribution in [-0.4, -0.2) is 45.6 Å². The number of hydrogen-bond acceptors (Lipinski definition) is 4. The summed E-state index contributed by atoms with van der Waals surface area (Å²) < 4.78 is 0. The summed E-state index contributed by atoms with van der Waals surface area (Å²) in [5.74, 6) is 0.0157. The van der Waals surface area contributed by atoms with E-state index in [9.17, 15) is 9.90 Å². The van der Waals surface area contributed by atoms with Crippen molar-refractivity contribution in [1.82, 2.24) is 4.90 Å². The van der Waals surface area contributed by atoms with Crippen molar-refractivity contribution in [2.45, 2.75) is 63.9 Å². The number of carbonyl (C=O) groups is 1. The maximum Gasteiger partial charge on any atom is 0.236 e. The minimum atomic E-state index is -0.853. The van der Waals surface area contributed by atoms with Gasteiger partial charge in [-0.2, -0.15) is 0 Å². The lowest BCUT2D eigenvalue weighted by Crippen LogP contribution is -2.55. The largest absolute Gasteiger partial charge is 0.409 e. The number of nitrogens with zero attached hydrogens (tertiary/aromatic N) is 2. The predicted octanol–water partition coefficient (Wildman–Crippen LogP) is 1.45. The molecule has 1 saturated heterocycles. The number of oxime groups is 1. The van der Waals surface area contributed by atoms with Gasteiger partial charge in [0, 0.05) is 13.1 Å². The summed E-state index contributed by atoms with van der Waals surface area (Å²) in [5, 5.41) is 22.3. The van der Waals surface area contributed by atoms with E-state index in [0.29, 0.717) is 38.8 Å². The number of nitrogens with two attached hydrogens (primary N) is 1. The lowest BCUT2D eigenvalue weighted by atomic mass is 9.77. The van der Waals surface area contributed by atoms with E-state index in [1.54, 1.807) is 11.8 Å². The Kier molecular flexibility index (Phi) is 4.76. The smallest absolute Gasteiger partial charge is 0.236 e. The molecule has 0 aromatic heterocycles. The molecule has 4 N–H and O–H groups in total. The van der Waals surface area contributed by atoms with Crippen LogP contribution in [0.3, 0.4) is 0 Å². The third-order valence-corrected chi connectivity index (χ3v) is 5.09. The van der Waals surface area contributed by atoms with Gasteiger partial charge in [0.1, 0.15) is 5.41 Å². The van der Waals surface area contributed by atoms with Crippen molar-refractivity contribution >= 4 is 11.7 Å². The van der Waals surface area contributed by atoms with Crippen molar-refractivity contribution in [3.05, 3.63) is 0 Å². The van der Waals surface area contributed by atoms with Gasteiger partial charge in [0.05, 0.1) is 5.60 Å². The molecule has 0 spiro atoms. The minimum Gasteiger partial charge on any atom is -0.409 e. The van der Waals surface area contributed by atoms with Crippen molar-refractivity contribution in [1.29, 1.82) is 0 Å². The summed E-state index contributed by atoms with van der Waals surface area (Å²) >= 11 is 0. The Morgan fingerprint density at radius 3 is 2.10 bits per heavy atom. The Bertz CT molecular complexity index is 402. The summed E-state index contributed by atoms with van der Waals surface area (Å²) in [4.78, 5) is 14.8. The number of piperidine rings is 1. The third kappa shape index (κ3) is 3.31. The molecule has 0 atom stereocenters. The Labute approximate surface area is 126 Å². The number of carbonyl (C=O) groups excluding carboxylic acids is 1. The first-order valence-electron chi connectivity index (χ1n) is 7.91. The lowest BCUT2D eigenvalue weighted by molar-refractivity contribution is -0.143. The van der Waals surface area contributed by atoms with Crippen LogP contribution in [0.4, 0.5) is 0 Å². The highest BCUT2D eigenvalue weighted by Gasteiger charge is 2.46. The average Bonchev–Trinajstić information content (AvgIpc) is 2.72. The molecule has 0 aromatic carbocycles. The van der Waals surface area contributed by atoms with Gasteiger partial charge in [-0.15, -0.1) is 0 Å². The van der Waals surface area contributed by atoms with Gasteiger partial charge in [-0.3, -0.25) is 4.79 Å². The highest BCUT2D eigenvalue weighted by Crippen LogP contribution is 2.38. The number of amides is 1. The number of aliphatic hydroxyl groups is 1. The van der Waals surface area contributed by atoms with E-state index in [1.165, 1.54) is 0 Å². The molecular weight excluding hydrogens is 270 g/mol. The van der Waals surface area contributed by atoms with Gasteiger partial charge >= 0.3 is 0 Å². The zero-order valence-electron chi connectivity index (χ0n) is 12.8. The van der Waals surface area contributed by atoms with Crippen molar-refractivity contribution in [3.63, 3.8) is 0 Å². The molecule has 0 aromatic rings. The summed E-state index contributed by atoms with van der Waals surface area (Å²) in [7, 11) is 0. The fourth-order valence-corrected chi connectivity index (χ4v) is 3.50. The van der Waals surface area contributed by atoms with Gasteiger partial charge in [-0.1, -0.05) is 30.8 Å². The zero-order chi connectivity index (χ0) is 15.5. The highest BCUT2D eigenvalue weighted by atomic mass is 16.4. The van der Waals surface area contributed by atoms with E-state index in [1.807, 2.05) is 0 Å². The molecule has 2 rings (SSSR count). The van der Waals surface area contributed by atoms with Crippen LogP contribution in [0.2, 0.25) is 0 Å². The van der Waals surface area contributed by atoms with Crippen LogP contribution >= 0.6 is 0 Å². The molecule has 0 bridgehead atoms. The fourth-order valence-electron chi connectivity index (χ4n) is 3.50. The first-order chi connectivity index (χ1) is 9.91. The molecule has 120 valence electrons. The summed E-state index contributed by atoms with van der Waals surface area (Å²) in [6.45, 7) is 2.87. The second-order valence-electron chi connectivity index (χ2n) is 6.77. The Morgan fingerprint density at radius 2 is 1.62 bits per heavy atom. The first kappa shape index (κ1) is 16.1. The highest BCUT2D eigenvalue weighted by molar-refractivity contribution is 6.06. The second-order valence-corrected chi connectivity index (χ2v) is 6.77. The Hall–Kier alpha value is -1.30. The van der Waals surface area contributed by atoms with Crippen molar-refractivity contribution in [2.24, 2.45) is 16.3 Å². The van der Waals surface area contributed by atoms with Gasteiger partial charge in [-0.05, 0) is 32.6 Å². The SMILES string of the molecule is CC1(O)CCN(C(=O)C2(C(N)=NO)CCCCCC2)CC1. The molecule has 2 fully saturated rings. The lowest BCUT2D eigenvalue weighted by Gasteiger charge is -2.41. The second kappa shape index (κ2) is 6.22. The van der Waals surface area contributed by atoms with E-state index in [0.717, 1.165) is 25.7 Å². The zero-order valence-corrected chi connectivity index (χ0v) is 12.8. The molecule has 1 heterocycles. The van der Waals surface area contributed by atoms with E-state index in [4.69, 9.17) is 10.9 Å². The molecule has 6 heteroatoms. The van der Waals surface area contributed by atoms with Crippen LogP contribution in [0, 0.1) is 5.41 Å². The van der Waals surface area contributed by atoms with E-state index >= 15 is 0 Å².